The largest absolute Gasteiger partial charge is 0.493 e. The Labute approximate surface area is 165 Å². The minimum atomic E-state index is -0.457. The number of hydrogen-bond donors (Lipinski definition) is 1. The molecule has 146 valence electrons. The Balaban J connectivity index is 1.53. The van der Waals surface area contributed by atoms with Crippen LogP contribution in [0.25, 0.3) is 11.3 Å². The highest BCUT2D eigenvalue weighted by atomic mass is 16.6. The topological polar surface area (TPSA) is 64.2 Å². The molecule has 3 rings (SSSR count). The van der Waals surface area contributed by atoms with Crippen LogP contribution in [0.1, 0.15) is 31.9 Å². The van der Waals surface area contributed by atoms with Crippen molar-refractivity contribution in [2.45, 2.75) is 39.2 Å². The summed E-state index contributed by atoms with van der Waals surface area (Å²) in [7, 11) is 0. The number of carbonyl (C=O) groups excluding carboxylic acids is 1. The lowest BCUT2D eigenvalue weighted by molar-refractivity contribution is -0.153. The van der Waals surface area contributed by atoms with Crippen molar-refractivity contribution in [3.8, 4) is 17.0 Å². The van der Waals surface area contributed by atoms with Crippen molar-refractivity contribution in [1.82, 2.24) is 9.97 Å². The van der Waals surface area contributed by atoms with Gasteiger partial charge in [0.25, 0.3) is 0 Å². The molecule has 0 radical (unpaired) electrons. The number of nitrogens with zero attached hydrogens (tertiary/aromatic N) is 1. The molecule has 2 aromatic carbocycles. The highest BCUT2D eigenvalue weighted by molar-refractivity contribution is 5.73. The summed E-state index contributed by atoms with van der Waals surface area (Å²) >= 11 is 0. The second-order valence-corrected chi connectivity index (χ2v) is 7.64. The molecule has 0 saturated carbocycles. The molecule has 3 aromatic rings. The SMILES string of the molecule is CC(C)(C)OC(=O)Cc1ccc(CCOc2ccccc2-c2cnc[nH]2)cc1. The summed E-state index contributed by atoms with van der Waals surface area (Å²) in [4.78, 5) is 19.1. The zero-order valence-corrected chi connectivity index (χ0v) is 16.6. The lowest BCUT2D eigenvalue weighted by Crippen LogP contribution is -2.24. The van der Waals surface area contributed by atoms with Gasteiger partial charge in [-0.1, -0.05) is 36.4 Å². The van der Waals surface area contributed by atoms with Crippen molar-refractivity contribution in [3.05, 3.63) is 72.2 Å². The molecule has 1 aromatic heterocycles. The average Bonchev–Trinajstić information content (AvgIpc) is 3.16. The highest BCUT2D eigenvalue weighted by Gasteiger charge is 2.16. The van der Waals surface area contributed by atoms with E-state index >= 15 is 0 Å². The molecule has 0 spiro atoms. The van der Waals surface area contributed by atoms with Crippen LogP contribution in [0.15, 0.2) is 61.1 Å². The van der Waals surface area contributed by atoms with Gasteiger partial charge in [0.1, 0.15) is 11.4 Å². The Hall–Kier alpha value is -3.08. The van der Waals surface area contributed by atoms with Crippen LogP contribution in [-0.2, 0) is 22.4 Å². The average molecular weight is 378 g/mol. The molecule has 0 aliphatic rings. The van der Waals surface area contributed by atoms with E-state index in [1.54, 1.807) is 12.5 Å². The number of imidazole rings is 1. The summed E-state index contributed by atoms with van der Waals surface area (Å²) < 4.78 is 11.4. The Morgan fingerprint density at radius 3 is 2.43 bits per heavy atom. The second-order valence-electron chi connectivity index (χ2n) is 7.64. The molecule has 5 nitrogen and oxygen atoms in total. The van der Waals surface area contributed by atoms with Crippen molar-refractivity contribution in [3.63, 3.8) is 0 Å². The Morgan fingerprint density at radius 1 is 1.04 bits per heavy atom. The van der Waals surface area contributed by atoms with Crippen LogP contribution < -0.4 is 4.74 Å². The quantitative estimate of drug-likeness (QED) is 0.611. The minimum Gasteiger partial charge on any atom is -0.493 e. The van der Waals surface area contributed by atoms with Gasteiger partial charge in [0, 0.05) is 12.0 Å². The van der Waals surface area contributed by atoms with Crippen LogP contribution in [-0.4, -0.2) is 28.1 Å². The number of ether oxygens (including phenoxy) is 2. The number of aromatic amines is 1. The molecule has 0 bridgehead atoms. The monoisotopic (exact) mass is 378 g/mol. The predicted molar refractivity (Wildman–Crippen MR) is 109 cm³/mol. The number of para-hydroxylation sites is 1. The first kappa shape index (κ1) is 19.7. The van der Waals surface area contributed by atoms with Crippen molar-refractivity contribution >= 4 is 5.97 Å². The zero-order chi connectivity index (χ0) is 20.0. The van der Waals surface area contributed by atoms with Gasteiger partial charge in [-0.15, -0.1) is 0 Å². The van der Waals surface area contributed by atoms with E-state index in [9.17, 15) is 4.79 Å². The molecule has 0 fully saturated rings. The number of carbonyl (C=O) groups is 1. The standard InChI is InChI=1S/C23H26N2O3/c1-23(2,3)28-22(26)14-18-10-8-17(9-11-18)12-13-27-21-7-5-4-6-19(21)20-15-24-16-25-20/h4-11,15-16H,12-14H2,1-3H3,(H,24,25). The summed E-state index contributed by atoms with van der Waals surface area (Å²) in [5, 5.41) is 0. The van der Waals surface area contributed by atoms with Crippen molar-refractivity contribution in [2.75, 3.05) is 6.61 Å². The lowest BCUT2D eigenvalue weighted by Gasteiger charge is -2.19. The highest BCUT2D eigenvalue weighted by Crippen LogP contribution is 2.27. The van der Waals surface area contributed by atoms with E-state index in [0.29, 0.717) is 6.61 Å². The van der Waals surface area contributed by atoms with Gasteiger partial charge in [-0.3, -0.25) is 4.79 Å². The van der Waals surface area contributed by atoms with Crippen LogP contribution in [0.2, 0.25) is 0 Å². The number of nitrogens with one attached hydrogen (secondary N) is 1. The summed E-state index contributed by atoms with van der Waals surface area (Å²) in [6, 6.07) is 15.9. The van der Waals surface area contributed by atoms with Crippen molar-refractivity contribution in [2.24, 2.45) is 0 Å². The van der Waals surface area contributed by atoms with Crippen LogP contribution in [0.4, 0.5) is 0 Å². The molecule has 0 aliphatic heterocycles. The smallest absolute Gasteiger partial charge is 0.310 e. The molecule has 1 N–H and O–H groups in total. The lowest BCUT2D eigenvalue weighted by atomic mass is 10.1. The van der Waals surface area contributed by atoms with E-state index < -0.39 is 5.60 Å². The molecule has 5 heteroatoms. The fraction of sp³-hybridized carbons (Fsp3) is 0.304. The third-order valence-electron chi connectivity index (χ3n) is 4.12. The molecular weight excluding hydrogens is 352 g/mol. The van der Waals surface area contributed by atoms with Gasteiger partial charge in [0.15, 0.2) is 0 Å². The number of esters is 1. The van der Waals surface area contributed by atoms with Crippen LogP contribution in [0.5, 0.6) is 5.75 Å². The fourth-order valence-corrected chi connectivity index (χ4v) is 2.87. The fourth-order valence-electron chi connectivity index (χ4n) is 2.87. The Kier molecular flexibility index (Phi) is 6.14. The van der Waals surface area contributed by atoms with Crippen LogP contribution in [0, 0.1) is 0 Å². The van der Waals surface area contributed by atoms with E-state index in [1.807, 2.05) is 69.3 Å². The van der Waals surface area contributed by atoms with Gasteiger partial charge in [-0.05, 0) is 44.0 Å². The maximum atomic E-state index is 11.9. The van der Waals surface area contributed by atoms with Crippen molar-refractivity contribution < 1.29 is 14.3 Å². The summed E-state index contributed by atoms with van der Waals surface area (Å²) in [5.41, 5.74) is 3.58. The first-order valence-electron chi connectivity index (χ1n) is 9.41. The summed E-state index contributed by atoms with van der Waals surface area (Å²) in [5.74, 6) is 0.618. The number of benzene rings is 2. The number of hydrogen-bond acceptors (Lipinski definition) is 4. The van der Waals surface area contributed by atoms with E-state index in [2.05, 4.69) is 9.97 Å². The number of H-pyrrole nitrogens is 1. The summed E-state index contributed by atoms with van der Waals surface area (Å²) in [6.07, 6.45) is 4.51. The number of rotatable bonds is 7. The minimum absolute atomic E-state index is 0.209. The molecule has 0 atom stereocenters. The summed E-state index contributed by atoms with van der Waals surface area (Å²) in [6.45, 7) is 6.19. The zero-order valence-electron chi connectivity index (χ0n) is 16.6. The van der Waals surface area contributed by atoms with Gasteiger partial charge in [0.2, 0.25) is 0 Å². The molecule has 0 saturated heterocycles. The van der Waals surface area contributed by atoms with E-state index in [-0.39, 0.29) is 12.4 Å². The second kappa shape index (κ2) is 8.74. The Bertz CT molecular complexity index is 894. The van der Waals surface area contributed by atoms with E-state index in [1.165, 1.54) is 0 Å². The van der Waals surface area contributed by atoms with Gasteiger partial charge < -0.3 is 14.5 Å². The van der Waals surface area contributed by atoms with Gasteiger partial charge >= 0.3 is 5.97 Å². The van der Waals surface area contributed by atoms with Crippen LogP contribution in [0.3, 0.4) is 0 Å². The van der Waals surface area contributed by atoms with Crippen LogP contribution >= 0.6 is 0 Å². The third kappa shape index (κ3) is 5.71. The third-order valence-corrected chi connectivity index (χ3v) is 4.12. The van der Waals surface area contributed by atoms with Gasteiger partial charge in [-0.25, -0.2) is 4.98 Å². The molecule has 0 aliphatic carbocycles. The van der Waals surface area contributed by atoms with E-state index in [0.717, 1.165) is 34.6 Å². The normalized spacial score (nSPS) is 11.2. The van der Waals surface area contributed by atoms with Crippen molar-refractivity contribution in [1.29, 1.82) is 0 Å². The maximum absolute atomic E-state index is 11.9. The molecular formula is C23H26N2O3. The first-order valence-corrected chi connectivity index (χ1v) is 9.41. The first-order chi connectivity index (χ1) is 13.4. The maximum Gasteiger partial charge on any atom is 0.310 e. The van der Waals surface area contributed by atoms with Gasteiger partial charge in [-0.2, -0.15) is 0 Å². The molecule has 28 heavy (non-hydrogen) atoms. The molecule has 0 amide bonds. The molecule has 0 unspecified atom stereocenters. The van der Waals surface area contributed by atoms with E-state index in [4.69, 9.17) is 9.47 Å². The Morgan fingerprint density at radius 2 is 1.75 bits per heavy atom. The van der Waals surface area contributed by atoms with Gasteiger partial charge in [0.05, 0.1) is 31.2 Å². The number of aromatic nitrogens is 2. The predicted octanol–water partition coefficient (Wildman–Crippen LogP) is 4.58. The molecule has 1 heterocycles.